The number of hydrogen-bond acceptors (Lipinski definition) is 1. The SMILES string of the molecule is C/C=C/N(CC(C)C)C(=O)CC(C)C(C)Cl. The first-order valence-electron chi connectivity index (χ1n) is 5.94. The van der Waals surface area contributed by atoms with Gasteiger partial charge < -0.3 is 4.90 Å². The number of rotatable bonds is 6. The van der Waals surface area contributed by atoms with Crippen molar-refractivity contribution in [1.82, 2.24) is 4.90 Å². The standard InChI is InChI=1S/C13H24ClNO/c1-6-7-15(9-10(2)3)13(16)8-11(4)12(5)14/h6-7,10-12H,8-9H2,1-5H3/b7-6+. The zero-order chi connectivity index (χ0) is 12.7. The molecule has 0 aliphatic heterocycles. The number of nitrogens with zero attached hydrogens (tertiary/aromatic N) is 1. The molecule has 0 N–H and O–H groups in total. The fourth-order valence-corrected chi connectivity index (χ4v) is 1.46. The van der Waals surface area contributed by atoms with Crippen molar-refractivity contribution in [3.05, 3.63) is 12.3 Å². The molecule has 0 aromatic carbocycles. The van der Waals surface area contributed by atoms with Gasteiger partial charge in [-0.1, -0.05) is 26.8 Å². The molecule has 0 aromatic rings. The van der Waals surface area contributed by atoms with Crippen molar-refractivity contribution in [2.75, 3.05) is 6.54 Å². The van der Waals surface area contributed by atoms with Crippen molar-refractivity contribution >= 4 is 17.5 Å². The minimum atomic E-state index is 0.0375. The summed E-state index contributed by atoms with van der Waals surface area (Å²) >= 11 is 5.97. The van der Waals surface area contributed by atoms with Gasteiger partial charge in [0.1, 0.15) is 0 Å². The Morgan fingerprint density at radius 1 is 1.31 bits per heavy atom. The van der Waals surface area contributed by atoms with Crippen LogP contribution in [0.5, 0.6) is 0 Å². The van der Waals surface area contributed by atoms with E-state index in [1.807, 2.05) is 33.0 Å². The molecule has 0 spiro atoms. The zero-order valence-electron chi connectivity index (χ0n) is 11.0. The van der Waals surface area contributed by atoms with Crippen LogP contribution >= 0.6 is 11.6 Å². The summed E-state index contributed by atoms with van der Waals surface area (Å²) in [6, 6.07) is 0. The van der Waals surface area contributed by atoms with Crippen molar-refractivity contribution in [1.29, 1.82) is 0 Å². The lowest BCUT2D eigenvalue weighted by Gasteiger charge is -2.23. The summed E-state index contributed by atoms with van der Waals surface area (Å²) < 4.78 is 0. The van der Waals surface area contributed by atoms with Gasteiger partial charge in [-0.3, -0.25) is 4.79 Å². The van der Waals surface area contributed by atoms with Gasteiger partial charge in [0.2, 0.25) is 5.91 Å². The van der Waals surface area contributed by atoms with Crippen LogP contribution in [0.2, 0.25) is 0 Å². The molecule has 0 heterocycles. The first kappa shape index (κ1) is 15.5. The lowest BCUT2D eigenvalue weighted by atomic mass is 10.0. The number of carbonyl (C=O) groups excluding carboxylic acids is 1. The molecule has 3 heteroatoms. The molecule has 0 bridgehead atoms. The highest BCUT2D eigenvalue weighted by atomic mass is 35.5. The summed E-state index contributed by atoms with van der Waals surface area (Å²) in [6.45, 7) is 10.9. The van der Waals surface area contributed by atoms with Gasteiger partial charge >= 0.3 is 0 Å². The molecule has 0 radical (unpaired) electrons. The second kappa shape index (κ2) is 7.72. The molecule has 0 aromatic heterocycles. The molecule has 2 atom stereocenters. The van der Waals surface area contributed by atoms with E-state index in [1.54, 1.807) is 4.90 Å². The highest BCUT2D eigenvalue weighted by molar-refractivity contribution is 6.20. The van der Waals surface area contributed by atoms with Gasteiger partial charge in [-0.25, -0.2) is 0 Å². The van der Waals surface area contributed by atoms with E-state index < -0.39 is 0 Å². The summed E-state index contributed by atoms with van der Waals surface area (Å²) in [5, 5.41) is 0.0375. The minimum Gasteiger partial charge on any atom is -0.319 e. The Labute approximate surface area is 105 Å². The Hall–Kier alpha value is -0.500. The second-order valence-corrected chi connectivity index (χ2v) is 5.47. The Morgan fingerprint density at radius 2 is 1.88 bits per heavy atom. The van der Waals surface area contributed by atoms with Gasteiger partial charge in [-0.15, -0.1) is 11.6 Å². The van der Waals surface area contributed by atoms with Crippen molar-refractivity contribution in [3.8, 4) is 0 Å². The van der Waals surface area contributed by atoms with E-state index in [1.165, 1.54) is 0 Å². The Bertz CT molecular complexity index is 236. The molecule has 0 aliphatic rings. The maximum absolute atomic E-state index is 12.0. The van der Waals surface area contributed by atoms with E-state index in [0.717, 1.165) is 6.54 Å². The van der Waals surface area contributed by atoms with Crippen molar-refractivity contribution in [2.45, 2.75) is 46.4 Å². The van der Waals surface area contributed by atoms with Crippen LogP contribution in [0, 0.1) is 11.8 Å². The number of allylic oxidation sites excluding steroid dienone is 1. The van der Waals surface area contributed by atoms with Crippen LogP contribution < -0.4 is 0 Å². The first-order valence-corrected chi connectivity index (χ1v) is 6.38. The lowest BCUT2D eigenvalue weighted by Crippen LogP contribution is -2.31. The molecule has 0 saturated carbocycles. The average Bonchev–Trinajstić information content (AvgIpc) is 2.16. The highest BCUT2D eigenvalue weighted by Gasteiger charge is 2.18. The number of carbonyl (C=O) groups is 1. The highest BCUT2D eigenvalue weighted by Crippen LogP contribution is 2.15. The lowest BCUT2D eigenvalue weighted by molar-refractivity contribution is -0.129. The topological polar surface area (TPSA) is 20.3 Å². The second-order valence-electron chi connectivity index (χ2n) is 4.78. The van der Waals surface area contributed by atoms with Crippen molar-refractivity contribution < 1.29 is 4.79 Å². The Kier molecular flexibility index (Phi) is 7.48. The third-order valence-electron chi connectivity index (χ3n) is 2.49. The van der Waals surface area contributed by atoms with Gasteiger partial charge in [0.05, 0.1) is 0 Å². The Morgan fingerprint density at radius 3 is 2.25 bits per heavy atom. The molecule has 0 saturated heterocycles. The van der Waals surface area contributed by atoms with Crippen LogP contribution in [0.25, 0.3) is 0 Å². The van der Waals surface area contributed by atoms with E-state index >= 15 is 0 Å². The van der Waals surface area contributed by atoms with Gasteiger partial charge in [0.15, 0.2) is 0 Å². The van der Waals surface area contributed by atoms with Gasteiger partial charge in [-0.05, 0) is 25.7 Å². The molecule has 0 fully saturated rings. The third kappa shape index (κ3) is 6.16. The predicted octanol–water partition coefficient (Wildman–Crippen LogP) is 3.66. The number of amides is 1. The summed E-state index contributed by atoms with van der Waals surface area (Å²) in [7, 11) is 0. The third-order valence-corrected chi connectivity index (χ3v) is 2.92. The maximum Gasteiger partial charge on any atom is 0.226 e. The number of alkyl halides is 1. The predicted molar refractivity (Wildman–Crippen MR) is 70.5 cm³/mol. The summed E-state index contributed by atoms with van der Waals surface area (Å²) in [6.07, 6.45) is 4.27. The zero-order valence-corrected chi connectivity index (χ0v) is 11.8. The van der Waals surface area contributed by atoms with E-state index in [2.05, 4.69) is 13.8 Å². The minimum absolute atomic E-state index is 0.0375. The Balaban J connectivity index is 4.38. The normalized spacial score (nSPS) is 15.4. The van der Waals surface area contributed by atoms with Crippen LogP contribution in [0.3, 0.4) is 0 Å². The molecule has 16 heavy (non-hydrogen) atoms. The van der Waals surface area contributed by atoms with Gasteiger partial charge in [0.25, 0.3) is 0 Å². The van der Waals surface area contributed by atoms with E-state index in [4.69, 9.17) is 11.6 Å². The van der Waals surface area contributed by atoms with Crippen LogP contribution in [-0.2, 0) is 4.79 Å². The van der Waals surface area contributed by atoms with Crippen LogP contribution in [0.1, 0.15) is 41.0 Å². The fourth-order valence-electron chi connectivity index (χ4n) is 1.37. The molecule has 2 unspecified atom stereocenters. The van der Waals surface area contributed by atoms with E-state index in [9.17, 15) is 4.79 Å². The van der Waals surface area contributed by atoms with Gasteiger partial charge in [0, 0.05) is 24.5 Å². The first-order chi connectivity index (χ1) is 7.38. The smallest absolute Gasteiger partial charge is 0.226 e. The van der Waals surface area contributed by atoms with E-state index in [0.29, 0.717) is 12.3 Å². The van der Waals surface area contributed by atoms with Crippen LogP contribution in [-0.4, -0.2) is 22.7 Å². The summed E-state index contributed by atoms with van der Waals surface area (Å²) in [5.41, 5.74) is 0. The molecular weight excluding hydrogens is 222 g/mol. The monoisotopic (exact) mass is 245 g/mol. The quantitative estimate of drug-likeness (QED) is 0.654. The summed E-state index contributed by atoms with van der Waals surface area (Å²) in [5.74, 6) is 0.852. The van der Waals surface area contributed by atoms with Crippen LogP contribution in [0.15, 0.2) is 12.3 Å². The van der Waals surface area contributed by atoms with Crippen molar-refractivity contribution in [3.63, 3.8) is 0 Å². The maximum atomic E-state index is 12.0. The molecule has 1 amide bonds. The molecule has 94 valence electrons. The van der Waals surface area contributed by atoms with Crippen molar-refractivity contribution in [2.24, 2.45) is 11.8 Å². The van der Waals surface area contributed by atoms with Crippen LogP contribution in [0.4, 0.5) is 0 Å². The number of hydrogen-bond donors (Lipinski definition) is 0. The molecule has 0 rings (SSSR count). The molecular formula is C13H24ClNO. The average molecular weight is 246 g/mol. The summed E-state index contributed by atoms with van der Waals surface area (Å²) in [4.78, 5) is 13.8. The molecule has 0 aliphatic carbocycles. The number of halogens is 1. The van der Waals surface area contributed by atoms with Gasteiger partial charge in [-0.2, -0.15) is 0 Å². The fraction of sp³-hybridized carbons (Fsp3) is 0.769. The largest absolute Gasteiger partial charge is 0.319 e. The van der Waals surface area contributed by atoms with E-state index in [-0.39, 0.29) is 17.2 Å². The molecule has 2 nitrogen and oxygen atoms in total.